The van der Waals surface area contributed by atoms with Gasteiger partial charge in [0.1, 0.15) is 5.75 Å². The summed E-state index contributed by atoms with van der Waals surface area (Å²) in [6.45, 7) is 3.36. The molecule has 1 fully saturated rings. The second kappa shape index (κ2) is 8.44. The Labute approximate surface area is 171 Å². The van der Waals surface area contributed by atoms with Crippen LogP contribution in [-0.2, 0) is 0 Å². The molecule has 1 unspecified atom stereocenters. The van der Waals surface area contributed by atoms with Crippen molar-refractivity contribution in [1.82, 2.24) is 0 Å². The molecule has 0 bridgehead atoms. The highest BCUT2D eigenvalue weighted by atomic mass is 79.9. The van der Waals surface area contributed by atoms with Crippen LogP contribution in [-0.4, -0.2) is 25.6 Å². The van der Waals surface area contributed by atoms with Crippen LogP contribution in [0, 0.1) is 0 Å². The number of piperidine rings is 1. The van der Waals surface area contributed by atoms with Crippen LogP contribution >= 0.6 is 31.9 Å². The molecular weight excluding hydrogens is 460 g/mol. The molecule has 1 saturated heterocycles. The van der Waals surface area contributed by atoms with Gasteiger partial charge >= 0.3 is 0 Å². The predicted molar refractivity (Wildman–Crippen MR) is 113 cm³/mol. The summed E-state index contributed by atoms with van der Waals surface area (Å²) < 4.78 is 6.91. The first kappa shape index (κ1) is 19.2. The van der Waals surface area contributed by atoms with Crippen LogP contribution in [0.15, 0.2) is 45.3 Å². The van der Waals surface area contributed by atoms with Gasteiger partial charge in [-0.2, -0.15) is 0 Å². The van der Waals surface area contributed by atoms with E-state index >= 15 is 0 Å². The standard InChI is InChI=1S/C20H22Br2N2O2/c1-13-5-3-4-10-24(13)16-8-6-15(7-9-16)23-20(25)17-11-14(21)12-18(22)19(17)26-2/h6-9,11-13H,3-5,10H2,1-2H3,(H,23,25). The number of nitrogens with one attached hydrogen (secondary N) is 1. The Morgan fingerprint density at radius 3 is 2.58 bits per heavy atom. The molecule has 4 nitrogen and oxygen atoms in total. The molecule has 1 heterocycles. The largest absolute Gasteiger partial charge is 0.495 e. The van der Waals surface area contributed by atoms with Crippen LogP contribution in [0.3, 0.4) is 0 Å². The van der Waals surface area contributed by atoms with Crippen LogP contribution in [0.1, 0.15) is 36.5 Å². The van der Waals surface area contributed by atoms with Crippen molar-refractivity contribution in [3.05, 3.63) is 50.9 Å². The lowest BCUT2D eigenvalue weighted by atomic mass is 10.0. The van der Waals surface area contributed by atoms with Crippen LogP contribution < -0.4 is 15.0 Å². The minimum atomic E-state index is -0.206. The lowest BCUT2D eigenvalue weighted by Gasteiger charge is -2.35. The highest BCUT2D eigenvalue weighted by molar-refractivity contribution is 9.11. The summed E-state index contributed by atoms with van der Waals surface area (Å²) in [6.07, 6.45) is 3.77. The third-order valence-electron chi connectivity index (χ3n) is 4.72. The van der Waals surface area contributed by atoms with Crippen molar-refractivity contribution in [2.75, 3.05) is 23.9 Å². The molecule has 1 amide bonds. The van der Waals surface area contributed by atoms with Gasteiger partial charge in [-0.25, -0.2) is 0 Å². The third-order valence-corrected chi connectivity index (χ3v) is 5.76. The number of amides is 1. The molecule has 0 aliphatic carbocycles. The molecule has 0 spiro atoms. The van der Waals surface area contributed by atoms with E-state index in [9.17, 15) is 4.79 Å². The summed E-state index contributed by atoms with van der Waals surface area (Å²) in [5.41, 5.74) is 2.45. The first-order valence-electron chi connectivity index (χ1n) is 8.70. The van der Waals surface area contributed by atoms with Gasteiger partial charge in [-0.15, -0.1) is 0 Å². The minimum absolute atomic E-state index is 0.206. The SMILES string of the molecule is COc1c(Br)cc(Br)cc1C(=O)Nc1ccc(N2CCCCC2C)cc1. The van der Waals surface area contributed by atoms with Gasteiger partial charge in [-0.05, 0) is 78.5 Å². The van der Waals surface area contributed by atoms with Crippen molar-refractivity contribution in [2.45, 2.75) is 32.2 Å². The molecule has 0 radical (unpaired) electrons. The van der Waals surface area contributed by atoms with Gasteiger partial charge in [0, 0.05) is 28.4 Å². The van der Waals surface area contributed by atoms with Gasteiger partial charge in [0.05, 0.1) is 17.1 Å². The van der Waals surface area contributed by atoms with Crippen LogP contribution in [0.5, 0.6) is 5.75 Å². The highest BCUT2D eigenvalue weighted by Crippen LogP contribution is 2.33. The number of rotatable bonds is 4. The predicted octanol–water partition coefficient (Wildman–Crippen LogP) is 5.85. The summed E-state index contributed by atoms with van der Waals surface area (Å²) >= 11 is 6.85. The van der Waals surface area contributed by atoms with Gasteiger partial charge in [-0.3, -0.25) is 4.79 Å². The Morgan fingerprint density at radius 1 is 1.19 bits per heavy atom. The Morgan fingerprint density at radius 2 is 1.92 bits per heavy atom. The average molecular weight is 482 g/mol. The molecule has 3 rings (SSSR count). The number of nitrogens with zero attached hydrogens (tertiary/aromatic N) is 1. The van der Waals surface area contributed by atoms with Crippen molar-refractivity contribution in [1.29, 1.82) is 0 Å². The Hall–Kier alpha value is -1.53. The maximum Gasteiger partial charge on any atom is 0.259 e. The fraction of sp³-hybridized carbons (Fsp3) is 0.350. The quantitative estimate of drug-likeness (QED) is 0.595. The molecule has 1 N–H and O–H groups in total. The molecule has 0 aromatic heterocycles. The number of ether oxygens (including phenoxy) is 1. The second-order valence-electron chi connectivity index (χ2n) is 6.51. The topological polar surface area (TPSA) is 41.6 Å². The second-order valence-corrected chi connectivity index (χ2v) is 8.28. The lowest BCUT2D eigenvalue weighted by Crippen LogP contribution is -2.37. The number of carbonyl (C=O) groups excluding carboxylic acids is 1. The summed E-state index contributed by atoms with van der Waals surface area (Å²) in [7, 11) is 1.55. The van der Waals surface area contributed by atoms with E-state index in [4.69, 9.17) is 4.74 Å². The summed E-state index contributed by atoms with van der Waals surface area (Å²) in [5, 5.41) is 2.95. The fourth-order valence-electron chi connectivity index (χ4n) is 3.35. The van der Waals surface area contributed by atoms with Crippen molar-refractivity contribution < 1.29 is 9.53 Å². The molecule has 138 valence electrons. The molecular formula is C20H22Br2N2O2. The highest BCUT2D eigenvalue weighted by Gasteiger charge is 2.19. The number of anilines is 2. The summed E-state index contributed by atoms with van der Waals surface area (Å²) in [6, 6.07) is 12.2. The van der Waals surface area contributed by atoms with Crippen molar-refractivity contribution in [2.24, 2.45) is 0 Å². The monoisotopic (exact) mass is 480 g/mol. The zero-order chi connectivity index (χ0) is 18.7. The van der Waals surface area contributed by atoms with E-state index in [1.807, 2.05) is 18.2 Å². The number of hydrogen-bond acceptors (Lipinski definition) is 3. The Balaban J connectivity index is 1.76. The van der Waals surface area contributed by atoms with Gasteiger partial charge in [0.2, 0.25) is 0 Å². The van der Waals surface area contributed by atoms with Crippen molar-refractivity contribution >= 4 is 49.1 Å². The molecule has 1 aliphatic rings. The van der Waals surface area contributed by atoms with E-state index < -0.39 is 0 Å². The zero-order valence-electron chi connectivity index (χ0n) is 14.9. The average Bonchev–Trinajstić information content (AvgIpc) is 2.62. The molecule has 2 aromatic carbocycles. The molecule has 6 heteroatoms. The van der Waals surface area contributed by atoms with Gasteiger partial charge in [0.15, 0.2) is 0 Å². The molecule has 0 saturated carbocycles. The van der Waals surface area contributed by atoms with E-state index in [2.05, 4.69) is 61.1 Å². The number of benzene rings is 2. The van der Waals surface area contributed by atoms with E-state index in [1.54, 1.807) is 13.2 Å². The molecule has 2 aromatic rings. The van der Waals surface area contributed by atoms with Crippen molar-refractivity contribution in [3.63, 3.8) is 0 Å². The zero-order valence-corrected chi connectivity index (χ0v) is 18.1. The number of halogens is 2. The van der Waals surface area contributed by atoms with E-state index in [-0.39, 0.29) is 5.91 Å². The van der Waals surface area contributed by atoms with E-state index in [1.165, 1.54) is 24.9 Å². The van der Waals surface area contributed by atoms with Crippen molar-refractivity contribution in [3.8, 4) is 5.75 Å². The first-order chi connectivity index (χ1) is 12.5. The fourth-order valence-corrected chi connectivity index (χ4v) is 4.74. The number of hydrogen-bond donors (Lipinski definition) is 1. The molecule has 26 heavy (non-hydrogen) atoms. The smallest absolute Gasteiger partial charge is 0.259 e. The van der Waals surface area contributed by atoms with Gasteiger partial charge < -0.3 is 15.0 Å². The number of carbonyl (C=O) groups is 1. The van der Waals surface area contributed by atoms with Crippen LogP contribution in [0.4, 0.5) is 11.4 Å². The third kappa shape index (κ3) is 4.23. The van der Waals surface area contributed by atoms with E-state index in [0.717, 1.165) is 21.2 Å². The lowest BCUT2D eigenvalue weighted by molar-refractivity contribution is 0.102. The summed E-state index contributed by atoms with van der Waals surface area (Å²) in [5.74, 6) is 0.312. The van der Waals surface area contributed by atoms with Gasteiger partial charge in [-0.1, -0.05) is 15.9 Å². The van der Waals surface area contributed by atoms with Crippen LogP contribution in [0.2, 0.25) is 0 Å². The maximum absolute atomic E-state index is 12.7. The molecule has 1 aliphatic heterocycles. The van der Waals surface area contributed by atoms with Crippen LogP contribution in [0.25, 0.3) is 0 Å². The van der Waals surface area contributed by atoms with Gasteiger partial charge in [0.25, 0.3) is 5.91 Å². The minimum Gasteiger partial charge on any atom is -0.495 e. The Bertz CT molecular complexity index is 793. The Kier molecular flexibility index (Phi) is 6.24. The normalized spacial score (nSPS) is 17.1. The maximum atomic E-state index is 12.7. The van der Waals surface area contributed by atoms with E-state index in [0.29, 0.717) is 17.4 Å². The summed E-state index contributed by atoms with van der Waals surface area (Å²) in [4.78, 5) is 15.1. The first-order valence-corrected chi connectivity index (χ1v) is 10.3. The number of methoxy groups -OCH3 is 1. The molecule has 1 atom stereocenters.